The molecule has 1 aromatic heterocycles. The number of anilines is 2. The van der Waals surface area contributed by atoms with Crippen molar-refractivity contribution in [3.63, 3.8) is 0 Å². The highest BCUT2D eigenvalue weighted by Gasteiger charge is 2.00. The molecule has 0 amide bonds. The predicted octanol–water partition coefficient (Wildman–Crippen LogP) is 3.03. The molecule has 0 fully saturated rings. The minimum absolute atomic E-state index is 0.677. The molecule has 3 N–H and O–H groups in total. The van der Waals surface area contributed by atoms with Crippen LogP contribution in [0.4, 0.5) is 11.5 Å². The molecule has 0 saturated heterocycles. The lowest BCUT2D eigenvalue weighted by Crippen LogP contribution is -2.04. The van der Waals surface area contributed by atoms with E-state index in [9.17, 15) is 0 Å². The van der Waals surface area contributed by atoms with Crippen LogP contribution in [-0.4, -0.2) is 11.5 Å². The first kappa shape index (κ1) is 11.3. The van der Waals surface area contributed by atoms with Crippen LogP contribution < -0.4 is 11.1 Å². The van der Waals surface area contributed by atoms with Gasteiger partial charge in [0.25, 0.3) is 0 Å². The second-order valence-corrected chi connectivity index (χ2v) is 4.09. The fourth-order valence-corrected chi connectivity index (χ4v) is 1.67. The summed E-state index contributed by atoms with van der Waals surface area (Å²) in [6.45, 7) is 3.15. The normalized spacial score (nSPS) is 10.1. The predicted molar refractivity (Wildman–Crippen MR) is 64.4 cm³/mol. The number of hydrogen-bond acceptors (Lipinski definition) is 3. The third kappa shape index (κ3) is 3.54. The SMILES string of the molecule is CCCCCNc1ncc(N)cc1Br. The number of nitrogens with two attached hydrogens (primary N) is 1. The molecule has 0 radical (unpaired) electrons. The van der Waals surface area contributed by atoms with Crippen LogP contribution in [-0.2, 0) is 0 Å². The third-order valence-electron chi connectivity index (χ3n) is 1.94. The van der Waals surface area contributed by atoms with Gasteiger partial charge in [-0.3, -0.25) is 0 Å². The maximum absolute atomic E-state index is 5.58. The molecule has 0 aliphatic rings. The van der Waals surface area contributed by atoms with Gasteiger partial charge >= 0.3 is 0 Å². The van der Waals surface area contributed by atoms with Gasteiger partial charge in [-0.05, 0) is 28.4 Å². The van der Waals surface area contributed by atoms with E-state index in [1.807, 2.05) is 6.07 Å². The summed E-state index contributed by atoms with van der Waals surface area (Å²) in [5.41, 5.74) is 6.26. The molecule has 0 saturated carbocycles. The zero-order chi connectivity index (χ0) is 10.4. The zero-order valence-corrected chi connectivity index (χ0v) is 9.97. The van der Waals surface area contributed by atoms with Crippen molar-refractivity contribution in [1.82, 2.24) is 4.98 Å². The Hall–Kier alpha value is -0.770. The molecule has 0 unspecified atom stereocenters. The summed E-state index contributed by atoms with van der Waals surface area (Å²) in [7, 11) is 0. The molecule has 1 aromatic rings. The Morgan fingerprint density at radius 2 is 2.29 bits per heavy atom. The Morgan fingerprint density at radius 3 is 2.93 bits per heavy atom. The Bertz CT molecular complexity index is 289. The van der Waals surface area contributed by atoms with Gasteiger partial charge in [-0.2, -0.15) is 0 Å². The second kappa shape index (κ2) is 5.86. The number of nitrogens with zero attached hydrogens (tertiary/aromatic N) is 1. The maximum Gasteiger partial charge on any atom is 0.140 e. The first-order valence-electron chi connectivity index (χ1n) is 4.89. The van der Waals surface area contributed by atoms with E-state index in [1.54, 1.807) is 6.20 Å². The van der Waals surface area contributed by atoms with Crippen molar-refractivity contribution in [2.24, 2.45) is 0 Å². The van der Waals surface area contributed by atoms with E-state index in [2.05, 4.69) is 33.2 Å². The molecular weight excluding hydrogens is 242 g/mol. The van der Waals surface area contributed by atoms with E-state index in [-0.39, 0.29) is 0 Å². The molecule has 78 valence electrons. The van der Waals surface area contributed by atoms with Gasteiger partial charge in [0.05, 0.1) is 16.4 Å². The summed E-state index contributed by atoms with van der Waals surface area (Å²) in [6.07, 6.45) is 5.32. The van der Waals surface area contributed by atoms with Crippen LogP contribution in [0.15, 0.2) is 16.7 Å². The molecular formula is C10H16BrN3. The summed E-state index contributed by atoms with van der Waals surface area (Å²) < 4.78 is 0.925. The van der Waals surface area contributed by atoms with E-state index in [0.717, 1.165) is 16.8 Å². The number of halogens is 1. The van der Waals surface area contributed by atoms with Crippen LogP contribution in [0, 0.1) is 0 Å². The van der Waals surface area contributed by atoms with Crippen molar-refractivity contribution in [1.29, 1.82) is 0 Å². The molecule has 14 heavy (non-hydrogen) atoms. The number of nitrogens with one attached hydrogen (secondary N) is 1. The topological polar surface area (TPSA) is 50.9 Å². The number of hydrogen-bond donors (Lipinski definition) is 2. The van der Waals surface area contributed by atoms with Gasteiger partial charge in [-0.1, -0.05) is 19.8 Å². The average molecular weight is 258 g/mol. The lowest BCUT2D eigenvalue weighted by atomic mass is 10.2. The van der Waals surface area contributed by atoms with Crippen molar-refractivity contribution >= 4 is 27.4 Å². The van der Waals surface area contributed by atoms with Gasteiger partial charge in [0.1, 0.15) is 5.82 Å². The largest absolute Gasteiger partial charge is 0.397 e. The fourth-order valence-electron chi connectivity index (χ4n) is 1.16. The van der Waals surface area contributed by atoms with Gasteiger partial charge in [0.2, 0.25) is 0 Å². The van der Waals surface area contributed by atoms with E-state index in [0.29, 0.717) is 5.69 Å². The molecule has 0 spiro atoms. The molecule has 3 nitrogen and oxygen atoms in total. The summed E-state index contributed by atoms with van der Waals surface area (Å²) >= 11 is 3.41. The minimum atomic E-state index is 0.677. The van der Waals surface area contributed by atoms with Crippen LogP contribution in [0.2, 0.25) is 0 Å². The highest BCUT2D eigenvalue weighted by molar-refractivity contribution is 9.10. The van der Waals surface area contributed by atoms with Crippen LogP contribution >= 0.6 is 15.9 Å². The number of rotatable bonds is 5. The second-order valence-electron chi connectivity index (χ2n) is 3.23. The number of aromatic nitrogens is 1. The maximum atomic E-state index is 5.58. The zero-order valence-electron chi connectivity index (χ0n) is 8.39. The number of unbranched alkanes of at least 4 members (excludes halogenated alkanes) is 2. The molecule has 0 atom stereocenters. The molecule has 1 heterocycles. The van der Waals surface area contributed by atoms with Crippen LogP contribution in [0.5, 0.6) is 0 Å². The van der Waals surface area contributed by atoms with Crippen LogP contribution in [0.3, 0.4) is 0 Å². The van der Waals surface area contributed by atoms with E-state index < -0.39 is 0 Å². The average Bonchev–Trinajstić information content (AvgIpc) is 2.15. The summed E-state index contributed by atoms with van der Waals surface area (Å²) in [4.78, 5) is 4.19. The molecule has 0 aromatic carbocycles. The van der Waals surface area contributed by atoms with Crippen molar-refractivity contribution in [3.05, 3.63) is 16.7 Å². The fraction of sp³-hybridized carbons (Fsp3) is 0.500. The van der Waals surface area contributed by atoms with Crippen molar-refractivity contribution in [2.75, 3.05) is 17.6 Å². The van der Waals surface area contributed by atoms with Gasteiger partial charge in [-0.25, -0.2) is 4.98 Å². The summed E-state index contributed by atoms with van der Waals surface area (Å²) in [5, 5.41) is 3.26. The quantitative estimate of drug-likeness (QED) is 0.798. The Morgan fingerprint density at radius 1 is 1.50 bits per heavy atom. The van der Waals surface area contributed by atoms with E-state index in [1.165, 1.54) is 19.3 Å². The van der Waals surface area contributed by atoms with Gasteiger partial charge < -0.3 is 11.1 Å². The van der Waals surface area contributed by atoms with E-state index in [4.69, 9.17) is 5.73 Å². The monoisotopic (exact) mass is 257 g/mol. The molecule has 0 aliphatic heterocycles. The Kier molecular flexibility index (Phi) is 4.73. The lowest BCUT2D eigenvalue weighted by molar-refractivity contribution is 0.742. The van der Waals surface area contributed by atoms with Gasteiger partial charge in [0, 0.05) is 6.54 Å². The van der Waals surface area contributed by atoms with Gasteiger partial charge in [0.15, 0.2) is 0 Å². The Balaban J connectivity index is 2.42. The first-order chi connectivity index (χ1) is 6.74. The molecule has 4 heteroatoms. The molecule has 1 rings (SSSR count). The van der Waals surface area contributed by atoms with Crippen LogP contribution in [0.1, 0.15) is 26.2 Å². The van der Waals surface area contributed by atoms with Crippen LogP contribution in [0.25, 0.3) is 0 Å². The summed E-state index contributed by atoms with van der Waals surface area (Å²) in [6, 6.07) is 1.86. The highest BCUT2D eigenvalue weighted by atomic mass is 79.9. The van der Waals surface area contributed by atoms with E-state index >= 15 is 0 Å². The first-order valence-corrected chi connectivity index (χ1v) is 5.68. The van der Waals surface area contributed by atoms with Crippen molar-refractivity contribution in [2.45, 2.75) is 26.2 Å². The third-order valence-corrected chi connectivity index (χ3v) is 2.54. The standard InChI is InChI=1S/C10H16BrN3/c1-2-3-4-5-13-10-9(11)6-8(12)7-14-10/h6-7H,2-5,12H2,1H3,(H,13,14). The highest BCUT2D eigenvalue weighted by Crippen LogP contribution is 2.21. The van der Waals surface area contributed by atoms with Gasteiger partial charge in [-0.15, -0.1) is 0 Å². The van der Waals surface area contributed by atoms with Crippen molar-refractivity contribution in [3.8, 4) is 0 Å². The smallest absolute Gasteiger partial charge is 0.140 e. The summed E-state index contributed by atoms with van der Waals surface area (Å²) in [5.74, 6) is 0.871. The molecule has 0 aliphatic carbocycles. The minimum Gasteiger partial charge on any atom is -0.397 e. The number of nitrogen functional groups attached to an aromatic ring is 1. The lowest BCUT2D eigenvalue weighted by Gasteiger charge is -2.07. The van der Waals surface area contributed by atoms with Crippen molar-refractivity contribution < 1.29 is 0 Å². The Labute approximate surface area is 93.2 Å². The molecule has 0 bridgehead atoms. The number of pyridine rings is 1.